The zero-order valence-electron chi connectivity index (χ0n) is 20.9. The van der Waals surface area contributed by atoms with E-state index in [-0.39, 0.29) is 6.42 Å². The summed E-state index contributed by atoms with van der Waals surface area (Å²) in [6.07, 6.45) is -4.35. The molecule has 0 aliphatic carbocycles. The van der Waals surface area contributed by atoms with Crippen LogP contribution in [0.2, 0.25) is 0 Å². The molecular formula is C33H23F3N2. The summed E-state index contributed by atoms with van der Waals surface area (Å²) in [5, 5.41) is 6.90. The number of rotatable bonds is 2. The van der Waals surface area contributed by atoms with Crippen molar-refractivity contribution in [3.8, 4) is 0 Å². The minimum atomic E-state index is -4.27. The third kappa shape index (κ3) is 2.68. The van der Waals surface area contributed by atoms with Crippen molar-refractivity contribution in [2.45, 2.75) is 26.4 Å². The number of benzene rings is 5. The molecule has 0 atom stereocenters. The summed E-state index contributed by atoms with van der Waals surface area (Å²) in [4.78, 5) is 0. The van der Waals surface area contributed by atoms with Gasteiger partial charge in [-0.3, -0.25) is 0 Å². The van der Waals surface area contributed by atoms with Crippen LogP contribution in [0.15, 0.2) is 91.0 Å². The van der Waals surface area contributed by atoms with Crippen molar-refractivity contribution in [1.29, 1.82) is 0 Å². The summed E-state index contributed by atoms with van der Waals surface area (Å²) in [5.41, 5.74) is 5.31. The molecule has 0 bridgehead atoms. The maximum absolute atomic E-state index is 13.7. The van der Waals surface area contributed by atoms with Gasteiger partial charge in [0.25, 0.3) is 0 Å². The van der Waals surface area contributed by atoms with E-state index in [1.54, 1.807) is 0 Å². The third-order valence-corrected chi connectivity index (χ3v) is 8.36. The second-order valence-electron chi connectivity index (χ2n) is 11.1. The first kappa shape index (κ1) is 21.8. The molecule has 0 unspecified atom stereocenters. The van der Waals surface area contributed by atoms with Gasteiger partial charge in [0.15, 0.2) is 0 Å². The highest BCUT2D eigenvalue weighted by Gasteiger charge is 2.47. The predicted octanol–water partition coefficient (Wildman–Crippen LogP) is 9.53. The molecule has 5 aromatic carbocycles. The first-order chi connectivity index (χ1) is 18.2. The van der Waals surface area contributed by atoms with Crippen molar-refractivity contribution in [2.24, 2.45) is 5.41 Å². The van der Waals surface area contributed by atoms with Crippen LogP contribution in [0, 0.1) is 5.41 Å². The van der Waals surface area contributed by atoms with Crippen molar-refractivity contribution in [3.05, 3.63) is 96.6 Å². The van der Waals surface area contributed by atoms with Crippen LogP contribution < -0.4 is 0 Å². The molecule has 186 valence electrons. The zero-order chi connectivity index (χ0) is 26.0. The van der Waals surface area contributed by atoms with Gasteiger partial charge in [-0.1, -0.05) is 74.5 Å². The van der Waals surface area contributed by atoms with Gasteiger partial charge in [0.1, 0.15) is 0 Å². The fourth-order valence-corrected chi connectivity index (χ4v) is 6.41. The van der Waals surface area contributed by atoms with Gasteiger partial charge >= 0.3 is 6.18 Å². The highest BCUT2D eigenvalue weighted by Crippen LogP contribution is 2.43. The lowest BCUT2D eigenvalue weighted by atomic mass is 9.85. The van der Waals surface area contributed by atoms with E-state index in [0.29, 0.717) is 5.56 Å². The van der Waals surface area contributed by atoms with Gasteiger partial charge in [-0.25, -0.2) is 0 Å². The smallest absolute Gasteiger partial charge is 0.305 e. The van der Waals surface area contributed by atoms with Crippen LogP contribution >= 0.6 is 0 Å². The fourth-order valence-electron chi connectivity index (χ4n) is 6.41. The van der Waals surface area contributed by atoms with Crippen LogP contribution in [-0.2, 0) is 6.42 Å². The average molecular weight is 505 g/mol. The Morgan fingerprint density at radius 2 is 1.13 bits per heavy atom. The van der Waals surface area contributed by atoms with E-state index in [0.717, 1.165) is 43.9 Å². The van der Waals surface area contributed by atoms with Crippen molar-refractivity contribution >= 4 is 65.4 Å². The summed E-state index contributed by atoms with van der Waals surface area (Å²) in [5.74, 6) is 0. The monoisotopic (exact) mass is 504 g/mol. The molecule has 0 amide bonds. The van der Waals surface area contributed by atoms with Gasteiger partial charge in [-0.2, -0.15) is 13.2 Å². The number of nitrogens with zero attached hydrogens (tertiary/aromatic N) is 2. The highest BCUT2D eigenvalue weighted by atomic mass is 19.4. The molecule has 3 aromatic heterocycles. The number of hydrogen-bond donors (Lipinski definition) is 0. The van der Waals surface area contributed by atoms with Gasteiger partial charge in [0.2, 0.25) is 0 Å². The predicted molar refractivity (Wildman–Crippen MR) is 151 cm³/mol. The molecule has 0 N–H and O–H groups in total. The third-order valence-electron chi connectivity index (χ3n) is 8.36. The number of fused-ring (bicyclic) bond motifs is 9. The molecule has 0 spiro atoms. The van der Waals surface area contributed by atoms with Crippen molar-refractivity contribution in [2.75, 3.05) is 0 Å². The number of hydrogen-bond acceptors (Lipinski definition) is 0. The van der Waals surface area contributed by atoms with Gasteiger partial charge in [-0.15, -0.1) is 0 Å². The molecule has 0 radical (unpaired) electrons. The molecule has 2 nitrogen and oxygen atoms in total. The van der Waals surface area contributed by atoms with Gasteiger partial charge in [0, 0.05) is 21.5 Å². The molecule has 0 saturated heterocycles. The molecule has 5 heteroatoms. The summed E-state index contributed by atoms with van der Waals surface area (Å²) < 4.78 is 45.8. The van der Waals surface area contributed by atoms with Crippen LogP contribution in [0.5, 0.6) is 0 Å². The molecule has 0 saturated carbocycles. The van der Waals surface area contributed by atoms with E-state index in [1.165, 1.54) is 35.4 Å². The Morgan fingerprint density at radius 1 is 0.553 bits per heavy atom. The Bertz CT molecular complexity index is 2230. The minimum absolute atomic E-state index is 0.0716. The zero-order valence-corrected chi connectivity index (χ0v) is 20.9. The topological polar surface area (TPSA) is 8.82 Å². The van der Waals surface area contributed by atoms with Crippen LogP contribution in [0.4, 0.5) is 13.2 Å². The first-order valence-electron chi connectivity index (χ1n) is 12.8. The van der Waals surface area contributed by atoms with Crippen LogP contribution in [0.1, 0.15) is 19.4 Å². The van der Waals surface area contributed by atoms with Crippen molar-refractivity contribution < 1.29 is 13.2 Å². The number of aromatic nitrogens is 2. The molecule has 0 aliphatic rings. The molecule has 3 heterocycles. The van der Waals surface area contributed by atoms with E-state index in [1.807, 2.05) is 18.2 Å². The molecule has 38 heavy (non-hydrogen) atoms. The molecular weight excluding hydrogens is 481 g/mol. The number of halogens is 3. The summed E-state index contributed by atoms with van der Waals surface area (Å²) in [7, 11) is 0. The minimum Gasteiger partial charge on any atom is -0.305 e. The Hall–Kier alpha value is -4.25. The number of alkyl halides is 3. The molecule has 0 fully saturated rings. The van der Waals surface area contributed by atoms with Gasteiger partial charge in [0.05, 0.1) is 38.5 Å². The number of para-hydroxylation sites is 2. The highest BCUT2D eigenvalue weighted by molar-refractivity contribution is 6.22. The largest absolute Gasteiger partial charge is 0.394 e. The quantitative estimate of drug-likeness (QED) is 0.207. The van der Waals surface area contributed by atoms with E-state index in [2.05, 4.69) is 81.6 Å². The van der Waals surface area contributed by atoms with Crippen LogP contribution in [0.25, 0.3) is 65.4 Å². The second-order valence-corrected chi connectivity index (χ2v) is 11.1. The van der Waals surface area contributed by atoms with Gasteiger partial charge < -0.3 is 8.80 Å². The Morgan fingerprint density at radius 3 is 1.76 bits per heavy atom. The standard InChI is InChI=1S/C33H23F3N2/c1-32(2,33(34,35)36)18-19-13-14-22-23-9-5-11-26-30(23)37(28(22)15-19)27-12-6-10-24-25-16-20-7-3-4-8-21(20)17-29(25)38(26)31(24)27/h3-17H,18H2,1-2H3. The molecule has 8 aromatic rings. The van der Waals surface area contributed by atoms with E-state index in [9.17, 15) is 13.2 Å². The fraction of sp³-hybridized carbons (Fsp3) is 0.152. The Balaban J connectivity index is 1.55. The molecule has 0 aliphatic heterocycles. The van der Waals surface area contributed by atoms with E-state index < -0.39 is 11.6 Å². The maximum atomic E-state index is 13.7. The SMILES string of the molecule is CC(C)(Cc1ccc2c3cccc4c3n(c2c1)c1cccc2c3cc5ccccc5cc3n4c21)C(F)(F)F. The maximum Gasteiger partial charge on any atom is 0.394 e. The van der Waals surface area contributed by atoms with E-state index >= 15 is 0 Å². The lowest BCUT2D eigenvalue weighted by molar-refractivity contribution is -0.211. The normalized spacial score (nSPS) is 13.5. The second kappa shape index (κ2) is 6.98. The van der Waals surface area contributed by atoms with Gasteiger partial charge in [-0.05, 0) is 53.1 Å². The van der Waals surface area contributed by atoms with E-state index in [4.69, 9.17) is 0 Å². The summed E-state index contributed by atoms with van der Waals surface area (Å²) in [6.45, 7) is 2.55. The molecule has 8 rings (SSSR count). The van der Waals surface area contributed by atoms with Crippen molar-refractivity contribution in [1.82, 2.24) is 8.80 Å². The average Bonchev–Trinajstić information content (AvgIpc) is 3.39. The van der Waals surface area contributed by atoms with Crippen LogP contribution in [-0.4, -0.2) is 15.0 Å². The lowest BCUT2D eigenvalue weighted by Gasteiger charge is -2.27. The Kier molecular flexibility index (Phi) is 4.01. The van der Waals surface area contributed by atoms with Crippen molar-refractivity contribution in [3.63, 3.8) is 0 Å². The lowest BCUT2D eigenvalue weighted by Crippen LogP contribution is -2.34. The summed E-state index contributed by atoms with van der Waals surface area (Å²) >= 11 is 0. The summed E-state index contributed by atoms with van der Waals surface area (Å²) in [6, 6.07) is 31.5. The Labute approximate surface area is 215 Å². The first-order valence-corrected chi connectivity index (χ1v) is 12.8. The van der Waals surface area contributed by atoms with Crippen LogP contribution in [0.3, 0.4) is 0 Å².